The summed E-state index contributed by atoms with van der Waals surface area (Å²) in [4.78, 5) is 7.15. The summed E-state index contributed by atoms with van der Waals surface area (Å²) >= 11 is 2.40. The number of rotatable bonds is 10. The monoisotopic (exact) mass is 678 g/mol. The van der Waals surface area contributed by atoms with Gasteiger partial charge in [0.25, 0.3) is 0 Å². The Morgan fingerprint density at radius 3 is 2.38 bits per heavy atom. The lowest BCUT2D eigenvalue weighted by atomic mass is 9.86. The van der Waals surface area contributed by atoms with Gasteiger partial charge in [0.1, 0.15) is 22.9 Å². The molecule has 0 amide bonds. The van der Waals surface area contributed by atoms with Crippen molar-refractivity contribution in [2.75, 3.05) is 32.2 Å². The van der Waals surface area contributed by atoms with Gasteiger partial charge in [-0.2, -0.15) is 5.10 Å². The third-order valence-corrected chi connectivity index (χ3v) is 10.7. The molecule has 0 bridgehead atoms. The van der Waals surface area contributed by atoms with E-state index in [4.69, 9.17) is 29.0 Å². The maximum Gasteiger partial charge on any atom is 0.159 e. The Kier molecular flexibility index (Phi) is 8.85. The number of pyridine rings is 1. The number of fused-ring (bicyclic) bond motifs is 1. The van der Waals surface area contributed by atoms with Crippen molar-refractivity contribution in [3.63, 3.8) is 0 Å². The molecule has 0 radical (unpaired) electrons. The Hall–Kier alpha value is -1.52. The summed E-state index contributed by atoms with van der Waals surface area (Å²) in [5, 5.41) is 6.14. The molecule has 10 heteroatoms. The lowest BCUT2D eigenvalue weighted by Gasteiger charge is -2.37. The molecule has 1 saturated heterocycles. The van der Waals surface area contributed by atoms with Crippen LogP contribution in [0.1, 0.15) is 58.3 Å². The summed E-state index contributed by atoms with van der Waals surface area (Å²) in [7, 11) is 3.46. The van der Waals surface area contributed by atoms with E-state index in [2.05, 4.69) is 68.6 Å². The van der Waals surface area contributed by atoms with Crippen molar-refractivity contribution in [3.8, 4) is 17.0 Å². The Bertz CT molecular complexity index is 1300. The van der Waals surface area contributed by atoms with Gasteiger partial charge in [0.05, 0.1) is 24.1 Å². The van der Waals surface area contributed by atoms with E-state index in [9.17, 15) is 0 Å². The molecule has 1 aliphatic heterocycles. The molecule has 6 rings (SSSR count). The van der Waals surface area contributed by atoms with Crippen LogP contribution in [0.5, 0.6) is 5.75 Å². The summed E-state index contributed by atoms with van der Waals surface area (Å²) in [6.07, 6.45) is 11.7. The molecular weight excluding hydrogens is 638 g/mol. The maximum atomic E-state index is 6.56. The fourth-order valence-corrected chi connectivity index (χ4v) is 7.74. The molecule has 3 heterocycles. The van der Waals surface area contributed by atoms with Crippen LogP contribution in [-0.4, -0.2) is 65.9 Å². The Labute approximate surface area is 251 Å². The molecule has 0 N–H and O–H groups in total. The lowest BCUT2D eigenvalue weighted by molar-refractivity contribution is -0.153. The van der Waals surface area contributed by atoms with Crippen LogP contribution in [0, 0.1) is 5.92 Å². The SMILES string of the molecule is COC(OC)C1CCC(OC2CCN(c3cc(-c4nn(PI)c5ccc(OC6(C)CC6)cc45)ccn3)CC2)CC1. The van der Waals surface area contributed by atoms with Crippen LogP contribution in [0.25, 0.3) is 22.2 Å². The van der Waals surface area contributed by atoms with Crippen molar-refractivity contribution in [2.45, 2.75) is 82.4 Å². The largest absolute Gasteiger partial charge is 0.488 e. The van der Waals surface area contributed by atoms with Crippen molar-refractivity contribution in [2.24, 2.45) is 5.92 Å². The topological polar surface area (TPSA) is 70.9 Å². The molecule has 3 fully saturated rings. The van der Waals surface area contributed by atoms with Crippen molar-refractivity contribution >= 4 is 45.1 Å². The molecule has 1 aromatic carbocycles. The number of nitrogens with zero attached hydrogens (tertiary/aromatic N) is 4. The third kappa shape index (κ3) is 6.28. The molecule has 2 saturated carbocycles. The van der Waals surface area contributed by atoms with E-state index in [0.29, 0.717) is 24.5 Å². The number of methoxy groups -OCH3 is 2. The first kappa shape index (κ1) is 28.6. The fraction of sp³-hybridized carbons (Fsp3) is 0.600. The van der Waals surface area contributed by atoms with E-state index in [1.165, 1.54) is 0 Å². The van der Waals surface area contributed by atoms with Gasteiger partial charge >= 0.3 is 0 Å². The molecule has 1 unspecified atom stereocenters. The average molecular weight is 679 g/mol. The first-order valence-corrected chi connectivity index (χ1v) is 18.6. The Morgan fingerprint density at radius 2 is 1.70 bits per heavy atom. The van der Waals surface area contributed by atoms with Gasteiger partial charge in [-0.15, -0.1) is 0 Å². The van der Waals surface area contributed by atoms with Crippen molar-refractivity contribution in [1.82, 2.24) is 14.5 Å². The van der Waals surface area contributed by atoms with E-state index in [0.717, 1.165) is 98.2 Å². The molecular formula is C30H40IN4O4P. The molecule has 3 aliphatic rings. The first-order valence-electron chi connectivity index (χ1n) is 14.5. The third-order valence-electron chi connectivity index (χ3n) is 8.79. The van der Waals surface area contributed by atoms with Crippen LogP contribution in [0.4, 0.5) is 5.82 Å². The summed E-state index contributed by atoms with van der Waals surface area (Å²) in [5.74, 6) is 2.41. The number of anilines is 1. The molecule has 0 spiro atoms. The van der Waals surface area contributed by atoms with Crippen LogP contribution < -0.4 is 9.64 Å². The van der Waals surface area contributed by atoms with E-state index >= 15 is 0 Å². The van der Waals surface area contributed by atoms with E-state index in [-0.39, 0.29) is 11.9 Å². The highest BCUT2D eigenvalue weighted by Crippen LogP contribution is 2.42. The molecule has 2 aliphatic carbocycles. The van der Waals surface area contributed by atoms with Crippen LogP contribution in [0.2, 0.25) is 0 Å². The van der Waals surface area contributed by atoms with Gasteiger partial charge in [-0.3, -0.25) is 0 Å². The number of hydrogen-bond donors (Lipinski definition) is 0. The number of halogens is 1. The van der Waals surface area contributed by atoms with Gasteiger partial charge in [-0.05, 0) is 111 Å². The normalized spacial score (nSPS) is 23.5. The molecule has 8 nitrogen and oxygen atoms in total. The summed E-state index contributed by atoms with van der Waals surface area (Å²) in [6, 6.07) is 10.7. The molecule has 2 aromatic heterocycles. The number of ether oxygens (including phenoxy) is 4. The number of benzene rings is 1. The predicted molar refractivity (Wildman–Crippen MR) is 169 cm³/mol. The Balaban J connectivity index is 1.10. The number of piperidine rings is 1. The minimum absolute atomic E-state index is 0.00891. The second kappa shape index (κ2) is 12.4. The summed E-state index contributed by atoms with van der Waals surface area (Å²) in [5.41, 5.74) is 3.22. The summed E-state index contributed by atoms with van der Waals surface area (Å²) in [6.45, 7) is 4.08. The second-order valence-electron chi connectivity index (χ2n) is 11.7. The van der Waals surface area contributed by atoms with Gasteiger partial charge in [0.15, 0.2) is 6.29 Å². The highest BCUT2D eigenvalue weighted by molar-refractivity contribution is 14.2. The zero-order chi connectivity index (χ0) is 27.7. The number of aromatic nitrogens is 3. The van der Waals surface area contributed by atoms with E-state index in [1.54, 1.807) is 14.2 Å². The van der Waals surface area contributed by atoms with Gasteiger partial charge < -0.3 is 23.8 Å². The van der Waals surface area contributed by atoms with E-state index in [1.807, 2.05) is 6.20 Å². The second-order valence-corrected chi connectivity index (χ2v) is 13.7. The van der Waals surface area contributed by atoms with E-state index < -0.39 is 0 Å². The lowest BCUT2D eigenvalue weighted by Crippen LogP contribution is -2.40. The molecule has 3 aromatic rings. The quantitative estimate of drug-likeness (QED) is 0.130. The van der Waals surface area contributed by atoms with Crippen molar-refractivity contribution in [1.29, 1.82) is 0 Å². The zero-order valence-electron chi connectivity index (χ0n) is 23.6. The van der Waals surface area contributed by atoms with Crippen LogP contribution in [-0.2, 0) is 14.2 Å². The van der Waals surface area contributed by atoms with Gasteiger partial charge in [0, 0.05) is 50.4 Å². The van der Waals surface area contributed by atoms with Crippen LogP contribution >= 0.6 is 28.4 Å². The smallest absolute Gasteiger partial charge is 0.159 e. The standard InChI is InChI=1S/C30H40IN4O4P/c1-30(13-14-30)39-24-8-9-26-25(19-24)28(33-35(26)40-31)21-10-15-32-27(18-21)34-16-11-23(12-17-34)38-22-6-4-20(5-7-22)29(36-2)37-3/h8-10,15,18-20,22-23,29,40H,4-7,11-14,16-17H2,1-3H3. The van der Waals surface area contributed by atoms with Crippen LogP contribution in [0.15, 0.2) is 36.5 Å². The first-order chi connectivity index (χ1) is 19.5. The molecule has 40 heavy (non-hydrogen) atoms. The predicted octanol–water partition coefficient (Wildman–Crippen LogP) is 6.98. The van der Waals surface area contributed by atoms with Gasteiger partial charge in [-0.1, -0.05) is 0 Å². The fourth-order valence-electron chi connectivity index (χ4n) is 6.21. The highest BCUT2D eigenvalue weighted by Gasteiger charge is 2.40. The highest BCUT2D eigenvalue weighted by atomic mass is 127. The van der Waals surface area contributed by atoms with Gasteiger partial charge in [-0.25, -0.2) is 9.44 Å². The van der Waals surface area contributed by atoms with Crippen molar-refractivity contribution < 1.29 is 18.9 Å². The average Bonchev–Trinajstić information content (AvgIpc) is 3.60. The summed E-state index contributed by atoms with van der Waals surface area (Å²) < 4.78 is 25.9. The maximum absolute atomic E-state index is 6.56. The molecule has 216 valence electrons. The minimum atomic E-state index is -0.0947. The van der Waals surface area contributed by atoms with Gasteiger partial charge in [0.2, 0.25) is 0 Å². The van der Waals surface area contributed by atoms with Crippen molar-refractivity contribution in [3.05, 3.63) is 36.5 Å². The molecule has 1 atom stereocenters. The Morgan fingerprint density at radius 1 is 0.975 bits per heavy atom. The minimum Gasteiger partial charge on any atom is -0.488 e. The number of hydrogen-bond acceptors (Lipinski definition) is 7. The zero-order valence-corrected chi connectivity index (χ0v) is 26.8. The van der Waals surface area contributed by atoms with Crippen LogP contribution in [0.3, 0.4) is 0 Å².